The van der Waals surface area contributed by atoms with Crippen LogP contribution in [0.15, 0.2) is 64.8 Å². The standard InChI is InChI=1S/C20H21N3OS/c1-14(2)17-10-8-15(9-11-17)12-18-19(24)22-20(25-18)23-21-13-16-6-4-3-5-7-16/h3-11,13-14,18H,12H2,1-2H3,(H,22,23,24). The van der Waals surface area contributed by atoms with Gasteiger partial charge in [0.15, 0.2) is 5.17 Å². The molecule has 1 aliphatic rings. The third kappa shape index (κ3) is 4.79. The van der Waals surface area contributed by atoms with Crippen LogP contribution in [0.3, 0.4) is 0 Å². The summed E-state index contributed by atoms with van der Waals surface area (Å²) in [4.78, 5) is 12.1. The Morgan fingerprint density at radius 1 is 1.12 bits per heavy atom. The molecule has 1 heterocycles. The van der Waals surface area contributed by atoms with E-state index >= 15 is 0 Å². The van der Waals surface area contributed by atoms with Crippen LogP contribution in [0.4, 0.5) is 0 Å². The van der Waals surface area contributed by atoms with E-state index in [1.807, 2.05) is 30.3 Å². The highest BCUT2D eigenvalue weighted by atomic mass is 32.2. The van der Waals surface area contributed by atoms with Crippen molar-refractivity contribution in [3.05, 3.63) is 71.3 Å². The molecule has 2 aromatic carbocycles. The van der Waals surface area contributed by atoms with Gasteiger partial charge in [0, 0.05) is 0 Å². The predicted octanol–water partition coefficient (Wildman–Crippen LogP) is 3.97. The molecule has 2 aromatic rings. The lowest BCUT2D eigenvalue weighted by Crippen LogP contribution is -2.25. The monoisotopic (exact) mass is 351 g/mol. The molecule has 1 amide bonds. The smallest absolute Gasteiger partial charge is 0.239 e. The molecule has 1 saturated heterocycles. The third-order valence-electron chi connectivity index (χ3n) is 4.00. The zero-order valence-corrected chi connectivity index (χ0v) is 15.2. The van der Waals surface area contributed by atoms with Gasteiger partial charge in [-0.2, -0.15) is 5.10 Å². The van der Waals surface area contributed by atoms with Crippen molar-refractivity contribution in [1.82, 2.24) is 5.32 Å². The molecule has 0 aliphatic carbocycles. The molecule has 0 bridgehead atoms. The Bertz CT molecular complexity index is 782. The van der Waals surface area contributed by atoms with Gasteiger partial charge in [0.2, 0.25) is 5.91 Å². The number of amides is 1. The highest BCUT2D eigenvalue weighted by Crippen LogP contribution is 2.24. The van der Waals surface area contributed by atoms with E-state index in [1.54, 1.807) is 6.21 Å². The molecule has 5 heteroatoms. The molecule has 1 atom stereocenters. The zero-order valence-electron chi connectivity index (χ0n) is 14.3. The van der Waals surface area contributed by atoms with Crippen LogP contribution in [0.25, 0.3) is 0 Å². The van der Waals surface area contributed by atoms with Gasteiger partial charge in [-0.25, -0.2) is 0 Å². The predicted molar refractivity (Wildman–Crippen MR) is 105 cm³/mol. The molecule has 25 heavy (non-hydrogen) atoms. The van der Waals surface area contributed by atoms with E-state index in [9.17, 15) is 4.79 Å². The maximum absolute atomic E-state index is 12.1. The van der Waals surface area contributed by atoms with Crippen molar-refractivity contribution < 1.29 is 4.79 Å². The molecule has 4 nitrogen and oxygen atoms in total. The fraction of sp³-hybridized carbons (Fsp3) is 0.250. The Balaban J connectivity index is 1.60. The molecule has 1 unspecified atom stereocenters. The van der Waals surface area contributed by atoms with Crippen LogP contribution in [0.2, 0.25) is 0 Å². The molecular weight excluding hydrogens is 330 g/mol. The van der Waals surface area contributed by atoms with Crippen LogP contribution >= 0.6 is 11.8 Å². The van der Waals surface area contributed by atoms with E-state index in [-0.39, 0.29) is 11.2 Å². The topological polar surface area (TPSA) is 53.8 Å². The maximum atomic E-state index is 12.1. The minimum absolute atomic E-state index is 0.00778. The number of rotatable bonds is 5. The highest BCUT2D eigenvalue weighted by Gasteiger charge is 2.30. The molecule has 128 valence electrons. The summed E-state index contributed by atoms with van der Waals surface area (Å²) in [7, 11) is 0. The lowest BCUT2D eigenvalue weighted by Gasteiger charge is -2.08. The third-order valence-corrected chi connectivity index (χ3v) is 5.07. The molecule has 0 aromatic heterocycles. The van der Waals surface area contributed by atoms with Crippen molar-refractivity contribution in [3.8, 4) is 0 Å². The number of carbonyl (C=O) groups is 1. The van der Waals surface area contributed by atoms with Crippen molar-refractivity contribution in [1.29, 1.82) is 0 Å². The largest absolute Gasteiger partial charge is 0.303 e. The summed E-state index contributed by atoms with van der Waals surface area (Å²) in [6, 6.07) is 18.2. The van der Waals surface area contributed by atoms with Crippen LogP contribution in [0.1, 0.15) is 36.5 Å². The minimum atomic E-state index is -0.157. The van der Waals surface area contributed by atoms with E-state index < -0.39 is 0 Å². The fourth-order valence-corrected chi connectivity index (χ4v) is 3.49. The molecule has 3 rings (SSSR count). The summed E-state index contributed by atoms with van der Waals surface area (Å²) < 4.78 is 0. The molecule has 1 N–H and O–H groups in total. The van der Waals surface area contributed by atoms with Crippen molar-refractivity contribution in [2.24, 2.45) is 10.2 Å². The average molecular weight is 351 g/mol. The second-order valence-electron chi connectivity index (χ2n) is 6.26. The van der Waals surface area contributed by atoms with Gasteiger partial charge in [-0.1, -0.05) is 80.2 Å². The van der Waals surface area contributed by atoms with Crippen LogP contribution in [0.5, 0.6) is 0 Å². The number of nitrogens with one attached hydrogen (secondary N) is 1. The van der Waals surface area contributed by atoms with Crippen molar-refractivity contribution >= 4 is 29.1 Å². The summed E-state index contributed by atoms with van der Waals surface area (Å²) in [6.45, 7) is 4.35. The summed E-state index contributed by atoms with van der Waals surface area (Å²) >= 11 is 1.43. The second-order valence-corrected chi connectivity index (χ2v) is 7.45. The molecule has 1 fully saturated rings. The molecule has 0 saturated carbocycles. The number of amidine groups is 1. The van der Waals surface area contributed by atoms with Crippen LogP contribution in [-0.2, 0) is 11.2 Å². The zero-order chi connectivity index (χ0) is 17.6. The first kappa shape index (κ1) is 17.4. The molecular formula is C20H21N3OS. The number of nitrogens with zero attached hydrogens (tertiary/aromatic N) is 2. The first-order valence-electron chi connectivity index (χ1n) is 8.34. The lowest BCUT2D eigenvalue weighted by atomic mass is 10.0. The number of benzene rings is 2. The van der Waals surface area contributed by atoms with Crippen LogP contribution < -0.4 is 5.32 Å². The van der Waals surface area contributed by atoms with E-state index in [2.05, 4.69) is 53.6 Å². The van der Waals surface area contributed by atoms with E-state index in [1.165, 1.54) is 17.3 Å². The molecule has 1 aliphatic heterocycles. The Labute approximate surface area is 152 Å². The number of carbonyl (C=O) groups excluding carboxylic acids is 1. The SMILES string of the molecule is CC(C)c1ccc(CC2SC(=NN=Cc3ccccc3)NC2=O)cc1. The normalized spacial score (nSPS) is 19.1. The first-order valence-corrected chi connectivity index (χ1v) is 9.22. The van der Waals surface area contributed by atoms with Gasteiger partial charge in [0.1, 0.15) is 0 Å². The quantitative estimate of drug-likeness (QED) is 0.654. The number of thioether (sulfide) groups is 1. The minimum Gasteiger partial charge on any atom is -0.303 e. The second kappa shape index (κ2) is 8.12. The Morgan fingerprint density at radius 3 is 2.52 bits per heavy atom. The van der Waals surface area contributed by atoms with Crippen molar-refractivity contribution in [2.45, 2.75) is 31.4 Å². The summed E-state index contributed by atoms with van der Waals surface area (Å²) in [6.07, 6.45) is 2.37. The Hall–Kier alpha value is -2.40. The van der Waals surface area contributed by atoms with Gasteiger partial charge in [0.25, 0.3) is 0 Å². The van der Waals surface area contributed by atoms with E-state index in [0.717, 1.165) is 11.1 Å². The van der Waals surface area contributed by atoms with Gasteiger partial charge in [0.05, 0.1) is 11.5 Å². The molecule has 0 radical (unpaired) electrons. The average Bonchev–Trinajstić information content (AvgIpc) is 2.96. The summed E-state index contributed by atoms with van der Waals surface area (Å²) in [5.41, 5.74) is 3.44. The van der Waals surface area contributed by atoms with Crippen LogP contribution in [-0.4, -0.2) is 22.5 Å². The van der Waals surface area contributed by atoms with Gasteiger partial charge >= 0.3 is 0 Å². The summed E-state index contributed by atoms with van der Waals surface area (Å²) in [5, 5.41) is 11.4. The maximum Gasteiger partial charge on any atom is 0.239 e. The number of hydrogen-bond donors (Lipinski definition) is 1. The summed E-state index contributed by atoms with van der Waals surface area (Å²) in [5.74, 6) is 0.506. The number of hydrogen-bond acceptors (Lipinski definition) is 4. The first-order chi connectivity index (χ1) is 12.1. The van der Waals surface area contributed by atoms with Crippen molar-refractivity contribution in [2.75, 3.05) is 0 Å². The fourth-order valence-electron chi connectivity index (χ4n) is 2.53. The Morgan fingerprint density at radius 2 is 1.84 bits per heavy atom. The van der Waals surface area contributed by atoms with E-state index in [0.29, 0.717) is 17.5 Å². The lowest BCUT2D eigenvalue weighted by molar-refractivity contribution is -0.118. The highest BCUT2D eigenvalue weighted by molar-refractivity contribution is 8.15. The van der Waals surface area contributed by atoms with Crippen molar-refractivity contribution in [3.63, 3.8) is 0 Å². The van der Waals surface area contributed by atoms with Crippen LogP contribution in [0, 0.1) is 0 Å². The van der Waals surface area contributed by atoms with Gasteiger partial charge < -0.3 is 5.32 Å². The van der Waals surface area contributed by atoms with E-state index in [4.69, 9.17) is 0 Å². The Kier molecular flexibility index (Phi) is 5.66. The molecule has 0 spiro atoms. The van der Waals surface area contributed by atoms with Gasteiger partial charge in [-0.05, 0) is 29.0 Å². The van der Waals surface area contributed by atoms with Gasteiger partial charge in [-0.15, -0.1) is 5.10 Å². The van der Waals surface area contributed by atoms with Gasteiger partial charge in [-0.3, -0.25) is 4.79 Å².